The molecule has 1 saturated heterocycles. The SMILES string of the molecule is CC.CCc1ccc(N2CCN(C)CC2)cn1. The van der Waals surface area contributed by atoms with Gasteiger partial charge in [0, 0.05) is 31.9 Å². The monoisotopic (exact) mass is 235 g/mol. The van der Waals surface area contributed by atoms with Crippen LogP contribution in [-0.2, 0) is 6.42 Å². The third-order valence-corrected chi connectivity index (χ3v) is 3.04. The summed E-state index contributed by atoms with van der Waals surface area (Å²) in [4.78, 5) is 9.21. The summed E-state index contributed by atoms with van der Waals surface area (Å²) in [7, 11) is 2.18. The number of rotatable bonds is 2. The van der Waals surface area contributed by atoms with Crippen molar-refractivity contribution in [3.8, 4) is 0 Å². The average molecular weight is 235 g/mol. The van der Waals surface area contributed by atoms with Crippen molar-refractivity contribution < 1.29 is 0 Å². The first-order valence-corrected chi connectivity index (χ1v) is 6.68. The van der Waals surface area contributed by atoms with Crippen LogP contribution in [0, 0.1) is 0 Å². The summed E-state index contributed by atoms with van der Waals surface area (Å²) in [6, 6.07) is 4.32. The van der Waals surface area contributed by atoms with E-state index in [1.165, 1.54) is 11.4 Å². The summed E-state index contributed by atoms with van der Waals surface area (Å²) in [6.07, 6.45) is 3.02. The van der Waals surface area contributed by atoms with Crippen molar-refractivity contribution in [3.63, 3.8) is 0 Å². The van der Waals surface area contributed by atoms with Crippen LogP contribution in [0.25, 0.3) is 0 Å². The van der Waals surface area contributed by atoms with Crippen LogP contribution >= 0.6 is 0 Å². The minimum Gasteiger partial charge on any atom is -0.368 e. The van der Waals surface area contributed by atoms with Gasteiger partial charge in [0.05, 0.1) is 11.9 Å². The lowest BCUT2D eigenvalue weighted by molar-refractivity contribution is 0.313. The number of likely N-dealkylation sites (N-methyl/N-ethyl adjacent to an activating group) is 1. The third-order valence-electron chi connectivity index (χ3n) is 3.04. The molecule has 0 atom stereocenters. The molecule has 0 aromatic carbocycles. The van der Waals surface area contributed by atoms with Crippen LogP contribution in [0.2, 0.25) is 0 Å². The van der Waals surface area contributed by atoms with Crippen molar-refractivity contribution >= 4 is 5.69 Å². The number of aryl methyl sites for hydroxylation is 1. The quantitative estimate of drug-likeness (QED) is 0.785. The molecular weight excluding hydrogens is 210 g/mol. The molecule has 0 aliphatic carbocycles. The molecule has 0 unspecified atom stereocenters. The van der Waals surface area contributed by atoms with E-state index >= 15 is 0 Å². The second kappa shape index (κ2) is 7.28. The normalized spacial score (nSPS) is 16.4. The van der Waals surface area contributed by atoms with Crippen molar-refractivity contribution in [2.24, 2.45) is 0 Å². The molecule has 1 aliphatic heterocycles. The van der Waals surface area contributed by atoms with E-state index in [1.54, 1.807) is 0 Å². The van der Waals surface area contributed by atoms with Crippen molar-refractivity contribution in [2.75, 3.05) is 38.1 Å². The molecule has 1 fully saturated rings. The van der Waals surface area contributed by atoms with Crippen LogP contribution in [0.5, 0.6) is 0 Å². The smallest absolute Gasteiger partial charge is 0.0553 e. The highest BCUT2D eigenvalue weighted by atomic mass is 15.2. The maximum Gasteiger partial charge on any atom is 0.0553 e. The molecule has 1 aromatic heterocycles. The Morgan fingerprint density at radius 3 is 2.24 bits per heavy atom. The molecule has 17 heavy (non-hydrogen) atoms. The van der Waals surface area contributed by atoms with Gasteiger partial charge in [-0.3, -0.25) is 4.98 Å². The summed E-state index contributed by atoms with van der Waals surface area (Å²) in [5, 5.41) is 0. The van der Waals surface area contributed by atoms with Gasteiger partial charge in [0.2, 0.25) is 0 Å². The molecule has 1 aromatic rings. The summed E-state index contributed by atoms with van der Waals surface area (Å²) in [6.45, 7) is 10.7. The standard InChI is InChI=1S/C12H19N3.C2H6/c1-3-11-4-5-12(10-13-11)15-8-6-14(2)7-9-15;1-2/h4-5,10H,3,6-9H2,1-2H3;1-2H3. The molecular formula is C14H25N3. The van der Waals surface area contributed by atoms with E-state index in [4.69, 9.17) is 0 Å². The predicted molar refractivity (Wildman–Crippen MR) is 74.7 cm³/mol. The first-order chi connectivity index (χ1) is 8.29. The van der Waals surface area contributed by atoms with E-state index in [0.717, 1.165) is 32.6 Å². The molecule has 0 radical (unpaired) electrons. The maximum atomic E-state index is 4.44. The second-order valence-corrected chi connectivity index (χ2v) is 4.15. The summed E-state index contributed by atoms with van der Waals surface area (Å²) >= 11 is 0. The second-order valence-electron chi connectivity index (χ2n) is 4.15. The minimum absolute atomic E-state index is 1.02. The van der Waals surface area contributed by atoms with Gasteiger partial charge in [0.1, 0.15) is 0 Å². The van der Waals surface area contributed by atoms with Gasteiger partial charge in [0.15, 0.2) is 0 Å². The Hall–Kier alpha value is -1.09. The van der Waals surface area contributed by atoms with Gasteiger partial charge in [-0.05, 0) is 25.6 Å². The van der Waals surface area contributed by atoms with E-state index in [0.29, 0.717) is 0 Å². The lowest BCUT2D eigenvalue weighted by Crippen LogP contribution is -2.44. The highest BCUT2D eigenvalue weighted by molar-refractivity contribution is 5.45. The van der Waals surface area contributed by atoms with Crippen LogP contribution in [0.15, 0.2) is 18.3 Å². The van der Waals surface area contributed by atoms with Gasteiger partial charge in [0.25, 0.3) is 0 Å². The average Bonchev–Trinajstić information content (AvgIpc) is 2.42. The molecule has 1 aliphatic rings. The Morgan fingerprint density at radius 2 is 1.76 bits per heavy atom. The van der Waals surface area contributed by atoms with E-state index < -0.39 is 0 Å². The van der Waals surface area contributed by atoms with Gasteiger partial charge in [-0.2, -0.15) is 0 Å². The molecule has 2 rings (SSSR count). The Bertz CT molecular complexity index is 300. The summed E-state index contributed by atoms with van der Waals surface area (Å²) < 4.78 is 0. The van der Waals surface area contributed by atoms with Crippen molar-refractivity contribution in [2.45, 2.75) is 27.2 Å². The van der Waals surface area contributed by atoms with E-state index in [9.17, 15) is 0 Å². The van der Waals surface area contributed by atoms with Crippen molar-refractivity contribution in [3.05, 3.63) is 24.0 Å². The predicted octanol–water partition coefficient (Wildman–Crippen LogP) is 2.42. The number of aromatic nitrogens is 1. The van der Waals surface area contributed by atoms with Crippen molar-refractivity contribution in [1.82, 2.24) is 9.88 Å². The molecule has 0 spiro atoms. The fourth-order valence-corrected chi connectivity index (χ4v) is 1.88. The first kappa shape index (κ1) is 14.0. The molecule has 0 bridgehead atoms. The Balaban J connectivity index is 0.000000686. The zero-order valence-corrected chi connectivity index (χ0v) is 11.6. The number of hydrogen-bond donors (Lipinski definition) is 0. The van der Waals surface area contributed by atoms with Crippen molar-refractivity contribution in [1.29, 1.82) is 0 Å². The van der Waals surface area contributed by atoms with Crippen LogP contribution < -0.4 is 4.90 Å². The lowest BCUT2D eigenvalue weighted by atomic mass is 10.2. The van der Waals surface area contributed by atoms with Gasteiger partial charge < -0.3 is 9.80 Å². The highest BCUT2D eigenvalue weighted by Crippen LogP contribution is 2.15. The molecule has 3 nitrogen and oxygen atoms in total. The van der Waals surface area contributed by atoms with Gasteiger partial charge >= 0.3 is 0 Å². The number of pyridine rings is 1. The van der Waals surface area contributed by atoms with Crippen LogP contribution in [0.1, 0.15) is 26.5 Å². The van der Waals surface area contributed by atoms with E-state index in [2.05, 4.69) is 40.9 Å². The number of piperazine rings is 1. The summed E-state index contributed by atoms with van der Waals surface area (Å²) in [5.41, 5.74) is 2.44. The highest BCUT2D eigenvalue weighted by Gasteiger charge is 2.13. The minimum atomic E-state index is 1.02. The number of hydrogen-bond acceptors (Lipinski definition) is 3. The fraction of sp³-hybridized carbons (Fsp3) is 0.643. The lowest BCUT2D eigenvalue weighted by Gasteiger charge is -2.33. The Morgan fingerprint density at radius 1 is 1.12 bits per heavy atom. The number of anilines is 1. The molecule has 96 valence electrons. The van der Waals surface area contributed by atoms with Crippen LogP contribution in [0.3, 0.4) is 0 Å². The molecule has 0 N–H and O–H groups in total. The van der Waals surface area contributed by atoms with Crippen LogP contribution in [-0.4, -0.2) is 43.1 Å². The maximum absolute atomic E-state index is 4.44. The van der Waals surface area contributed by atoms with Gasteiger partial charge in [-0.1, -0.05) is 20.8 Å². The zero-order chi connectivity index (χ0) is 12.7. The van der Waals surface area contributed by atoms with E-state index in [1.807, 2.05) is 20.0 Å². The third kappa shape index (κ3) is 4.00. The summed E-state index contributed by atoms with van der Waals surface area (Å²) in [5.74, 6) is 0. The zero-order valence-electron chi connectivity index (χ0n) is 11.6. The van der Waals surface area contributed by atoms with Gasteiger partial charge in [-0.25, -0.2) is 0 Å². The largest absolute Gasteiger partial charge is 0.368 e. The number of nitrogens with zero attached hydrogens (tertiary/aromatic N) is 3. The first-order valence-electron chi connectivity index (χ1n) is 6.68. The Labute approximate surface area is 105 Å². The van der Waals surface area contributed by atoms with Gasteiger partial charge in [-0.15, -0.1) is 0 Å². The molecule has 0 amide bonds. The molecule has 2 heterocycles. The Kier molecular flexibility index (Phi) is 5.98. The topological polar surface area (TPSA) is 19.4 Å². The van der Waals surface area contributed by atoms with Crippen LogP contribution in [0.4, 0.5) is 5.69 Å². The fourth-order valence-electron chi connectivity index (χ4n) is 1.88. The van der Waals surface area contributed by atoms with E-state index in [-0.39, 0.29) is 0 Å². The molecule has 0 saturated carbocycles. The molecule has 3 heteroatoms.